The number of alkyl carbamates (subject to hydrolysis) is 1. The molecule has 0 saturated heterocycles. The molecule has 1 aliphatic rings. The summed E-state index contributed by atoms with van der Waals surface area (Å²) in [6.45, 7) is 0.103. The number of carboxylic acids is 1. The highest BCUT2D eigenvalue weighted by Gasteiger charge is 2.29. The summed E-state index contributed by atoms with van der Waals surface area (Å²) in [7, 11) is 0. The van der Waals surface area contributed by atoms with Crippen LogP contribution in [-0.2, 0) is 14.3 Å². The minimum Gasteiger partial charge on any atom is -0.481 e. The van der Waals surface area contributed by atoms with Gasteiger partial charge in [-0.05, 0) is 22.3 Å². The van der Waals surface area contributed by atoms with Gasteiger partial charge in [-0.15, -0.1) is 0 Å². The monoisotopic (exact) mass is 339 g/mol. The van der Waals surface area contributed by atoms with Crippen LogP contribution in [0.25, 0.3) is 11.1 Å². The van der Waals surface area contributed by atoms with Crippen LogP contribution in [0.4, 0.5) is 4.79 Å². The number of amides is 2. The molecule has 3 rings (SSSR count). The van der Waals surface area contributed by atoms with Gasteiger partial charge >= 0.3 is 12.1 Å². The van der Waals surface area contributed by atoms with E-state index in [1.165, 1.54) is 0 Å². The zero-order valence-electron chi connectivity index (χ0n) is 13.4. The Hall–Kier alpha value is -3.15. The summed E-state index contributed by atoms with van der Waals surface area (Å²) < 4.78 is 5.20. The highest BCUT2D eigenvalue weighted by Crippen LogP contribution is 2.44. The Balaban J connectivity index is 1.64. The van der Waals surface area contributed by atoms with E-state index < -0.39 is 18.0 Å². The predicted molar refractivity (Wildman–Crippen MR) is 90.1 cm³/mol. The van der Waals surface area contributed by atoms with Crippen molar-refractivity contribution < 1.29 is 24.2 Å². The van der Waals surface area contributed by atoms with Crippen LogP contribution in [0.3, 0.4) is 0 Å². The number of imide groups is 1. The van der Waals surface area contributed by atoms with Crippen LogP contribution in [0.5, 0.6) is 0 Å². The second-order valence-corrected chi connectivity index (χ2v) is 5.77. The number of carbonyl (C=O) groups excluding carboxylic acids is 2. The second-order valence-electron chi connectivity index (χ2n) is 5.77. The average molecular weight is 339 g/mol. The van der Waals surface area contributed by atoms with Gasteiger partial charge in [0.15, 0.2) is 0 Å². The lowest BCUT2D eigenvalue weighted by Crippen LogP contribution is -2.32. The zero-order chi connectivity index (χ0) is 17.8. The van der Waals surface area contributed by atoms with E-state index in [4.69, 9.17) is 9.84 Å². The summed E-state index contributed by atoms with van der Waals surface area (Å²) in [6.07, 6.45) is -1.46. The van der Waals surface area contributed by atoms with Crippen molar-refractivity contribution in [3.63, 3.8) is 0 Å². The number of ether oxygens (including phenoxy) is 1. The normalized spacial score (nSPS) is 12.2. The van der Waals surface area contributed by atoms with Gasteiger partial charge in [-0.1, -0.05) is 48.5 Å². The Morgan fingerprint density at radius 3 is 2.04 bits per heavy atom. The number of fused-ring (bicyclic) bond motifs is 3. The topological polar surface area (TPSA) is 92.7 Å². The highest BCUT2D eigenvalue weighted by atomic mass is 16.5. The van der Waals surface area contributed by atoms with E-state index >= 15 is 0 Å². The van der Waals surface area contributed by atoms with Crippen LogP contribution in [0.15, 0.2) is 48.5 Å². The molecule has 25 heavy (non-hydrogen) atoms. The first-order valence-electron chi connectivity index (χ1n) is 7.93. The van der Waals surface area contributed by atoms with Gasteiger partial charge in [-0.2, -0.15) is 0 Å². The Kier molecular flexibility index (Phi) is 4.79. The number of aliphatic carboxylic acids is 1. The number of benzene rings is 2. The van der Waals surface area contributed by atoms with Gasteiger partial charge in [-0.25, -0.2) is 4.79 Å². The summed E-state index contributed by atoms with van der Waals surface area (Å²) in [5.74, 6) is -1.85. The van der Waals surface area contributed by atoms with Crippen molar-refractivity contribution >= 4 is 18.0 Å². The van der Waals surface area contributed by atoms with E-state index in [0.717, 1.165) is 22.3 Å². The summed E-state index contributed by atoms with van der Waals surface area (Å²) >= 11 is 0. The lowest BCUT2D eigenvalue weighted by molar-refractivity contribution is -0.138. The van der Waals surface area contributed by atoms with Crippen molar-refractivity contribution in [2.75, 3.05) is 6.61 Å². The molecular formula is C19H17NO5. The molecular weight excluding hydrogens is 322 g/mol. The third-order valence-electron chi connectivity index (χ3n) is 4.15. The van der Waals surface area contributed by atoms with Crippen LogP contribution in [-0.4, -0.2) is 29.7 Å². The first-order valence-corrected chi connectivity index (χ1v) is 7.93. The quantitative estimate of drug-likeness (QED) is 0.874. The Labute approximate surface area is 144 Å². The molecule has 0 aromatic heterocycles. The Morgan fingerprint density at radius 1 is 0.920 bits per heavy atom. The van der Waals surface area contributed by atoms with Crippen molar-refractivity contribution in [2.45, 2.75) is 18.8 Å². The third kappa shape index (κ3) is 3.68. The molecule has 0 fully saturated rings. The molecule has 6 nitrogen and oxygen atoms in total. The van der Waals surface area contributed by atoms with Gasteiger partial charge in [0, 0.05) is 12.3 Å². The molecule has 6 heteroatoms. The van der Waals surface area contributed by atoms with E-state index in [1.807, 2.05) is 53.8 Å². The van der Waals surface area contributed by atoms with Crippen LogP contribution < -0.4 is 5.32 Å². The molecule has 2 aromatic rings. The first-order chi connectivity index (χ1) is 12.1. The number of hydrogen-bond donors (Lipinski definition) is 2. The van der Waals surface area contributed by atoms with Crippen LogP contribution in [0, 0.1) is 0 Å². The molecule has 128 valence electrons. The van der Waals surface area contributed by atoms with Gasteiger partial charge < -0.3 is 9.84 Å². The predicted octanol–water partition coefficient (Wildman–Crippen LogP) is 2.92. The largest absolute Gasteiger partial charge is 0.481 e. The molecule has 0 bridgehead atoms. The number of nitrogens with one attached hydrogen (secondary N) is 1. The maximum Gasteiger partial charge on any atom is 0.413 e. The van der Waals surface area contributed by atoms with Crippen LogP contribution >= 0.6 is 0 Å². The second kappa shape index (κ2) is 7.17. The SMILES string of the molecule is O=C(O)CCC(=O)NC(=O)OCC1c2ccccc2-c2ccccc21. The molecule has 0 heterocycles. The summed E-state index contributed by atoms with van der Waals surface area (Å²) in [5.41, 5.74) is 4.39. The van der Waals surface area contributed by atoms with Gasteiger partial charge in [0.2, 0.25) is 5.91 Å². The molecule has 2 aromatic carbocycles. The number of carbonyl (C=O) groups is 3. The Bertz CT molecular complexity index is 785. The fourth-order valence-electron chi connectivity index (χ4n) is 3.03. The van der Waals surface area contributed by atoms with Crippen molar-refractivity contribution in [1.29, 1.82) is 0 Å². The Morgan fingerprint density at radius 2 is 1.48 bits per heavy atom. The summed E-state index contributed by atoms with van der Waals surface area (Å²) in [5, 5.41) is 10.6. The maximum atomic E-state index is 11.8. The van der Waals surface area contributed by atoms with Crippen molar-refractivity contribution in [3.05, 3.63) is 59.7 Å². The van der Waals surface area contributed by atoms with E-state index in [2.05, 4.69) is 0 Å². The molecule has 2 N–H and O–H groups in total. The highest BCUT2D eigenvalue weighted by molar-refractivity contribution is 5.93. The fraction of sp³-hybridized carbons (Fsp3) is 0.211. The minimum absolute atomic E-state index is 0.0905. The number of hydrogen-bond acceptors (Lipinski definition) is 4. The molecule has 2 amide bonds. The lowest BCUT2D eigenvalue weighted by Gasteiger charge is -2.14. The minimum atomic E-state index is -1.09. The molecule has 0 saturated carbocycles. The average Bonchev–Trinajstić information content (AvgIpc) is 2.92. The number of rotatable bonds is 5. The molecule has 0 aliphatic heterocycles. The molecule has 1 aliphatic carbocycles. The number of carboxylic acid groups (broad SMARTS) is 1. The molecule has 0 spiro atoms. The van der Waals surface area contributed by atoms with Gasteiger partial charge in [0.1, 0.15) is 6.61 Å². The first kappa shape index (κ1) is 16.7. The van der Waals surface area contributed by atoms with Crippen LogP contribution in [0.2, 0.25) is 0 Å². The fourth-order valence-corrected chi connectivity index (χ4v) is 3.03. The summed E-state index contributed by atoms with van der Waals surface area (Å²) in [4.78, 5) is 33.7. The van der Waals surface area contributed by atoms with Crippen molar-refractivity contribution in [2.24, 2.45) is 0 Å². The van der Waals surface area contributed by atoms with Gasteiger partial charge in [0.05, 0.1) is 6.42 Å². The molecule has 0 unspecified atom stereocenters. The smallest absolute Gasteiger partial charge is 0.413 e. The standard InChI is InChI=1S/C19H17NO5/c21-17(9-10-18(22)23)20-19(24)25-11-16-14-7-3-1-5-12(14)13-6-2-4-8-15(13)16/h1-8,16H,9-11H2,(H,22,23)(H,20,21,24). The van der Waals surface area contributed by atoms with E-state index in [9.17, 15) is 14.4 Å². The lowest BCUT2D eigenvalue weighted by atomic mass is 9.98. The van der Waals surface area contributed by atoms with Crippen LogP contribution in [0.1, 0.15) is 29.9 Å². The van der Waals surface area contributed by atoms with Gasteiger partial charge in [0.25, 0.3) is 0 Å². The van der Waals surface area contributed by atoms with Gasteiger partial charge in [-0.3, -0.25) is 14.9 Å². The molecule has 0 atom stereocenters. The van der Waals surface area contributed by atoms with E-state index in [-0.39, 0.29) is 25.4 Å². The van der Waals surface area contributed by atoms with Crippen molar-refractivity contribution in [1.82, 2.24) is 5.32 Å². The third-order valence-corrected chi connectivity index (χ3v) is 4.15. The summed E-state index contributed by atoms with van der Waals surface area (Å²) in [6, 6.07) is 15.9. The zero-order valence-corrected chi connectivity index (χ0v) is 13.4. The van der Waals surface area contributed by atoms with E-state index in [1.54, 1.807) is 0 Å². The van der Waals surface area contributed by atoms with Crippen molar-refractivity contribution in [3.8, 4) is 11.1 Å². The molecule has 0 radical (unpaired) electrons. The maximum absolute atomic E-state index is 11.8. The van der Waals surface area contributed by atoms with E-state index in [0.29, 0.717) is 0 Å².